The van der Waals surface area contributed by atoms with E-state index in [4.69, 9.17) is 24.4 Å². The molecule has 0 fully saturated rings. The first-order valence-electron chi connectivity index (χ1n) is 12.0. The lowest BCUT2D eigenvalue weighted by Crippen LogP contribution is -2.09. The molecule has 1 aromatic heterocycles. The highest BCUT2D eigenvalue weighted by Gasteiger charge is 2.18. The maximum Gasteiger partial charge on any atom is 0.310 e. The molecule has 188 valence electrons. The number of nitrogens with two attached hydrogens (primary N) is 1. The molecule has 3 aromatic carbocycles. The van der Waals surface area contributed by atoms with Gasteiger partial charge in [-0.15, -0.1) is 0 Å². The first-order chi connectivity index (χ1) is 17.5. The predicted molar refractivity (Wildman–Crippen MR) is 137 cm³/mol. The first kappa shape index (κ1) is 25.3. The minimum absolute atomic E-state index is 0.0842. The first-order valence-corrected chi connectivity index (χ1v) is 12.0. The number of furan rings is 1. The molecule has 6 nitrogen and oxygen atoms in total. The summed E-state index contributed by atoms with van der Waals surface area (Å²) in [5.74, 6) is 1.27. The van der Waals surface area contributed by atoms with E-state index in [1.165, 1.54) is 0 Å². The topological polar surface area (TPSA) is 83.9 Å². The van der Waals surface area contributed by atoms with E-state index < -0.39 is 0 Å². The molecule has 0 unspecified atom stereocenters. The highest BCUT2D eigenvalue weighted by atomic mass is 19.1. The highest BCUT2D eigenvalue weighted by molar-refractivity contribution is 5.87. The fraction of sp³-hybridized carbons (Fsp3) is 0.276. The third-order valence-corrected chi connectivity index (χ3v) is 6.09. The Morgan fingerprint density at radius 1 is 1.06 bits per heavy atom. The van der Waals surface area contributed by atoms with Crippen LogP contribution in [0.25, 0.3) is 22.1 Å². The molecule has 0 saturated heterocycles. The zero-order chi connectivity index (χ0) is 25.7. The Hall–Kier alpha value is -3.84. The summed E-state index contributed by atoms with van der Waals surface area (Å²) in [5, 5.41) is 0.844. The molecule has 2 N–H and O–H groups in total. The third-order valence-electron chi connectivity index (χ3n) is 6.09. The summed E-state index contributed by atoms with van der Waals surface area (Å²) in [4.78, 5) is 12.1. The van der Waals surface area contributed by atoms with Crippen molar-refractivity contribution >= 4 is 16.9 Å². The van der Waals surface area contributed by atoms with Gasteiger partial charge in [0.1, 0.15) is 35.3 Å². The highest BCUT2D eigenvalue weighted by Crippen LogP contribution is 2.34. The number of hydrogen-bond donors (Lipinski definition) is 1. The van der Waals surface area contributed by atoms with Crippen molar-refractivity contribution in [1.82, 2.24) is 0 Å². The number of fused-ring (bicyclic) bond motifs is 1. The second kappa shape index (κ2) is 11.3. The Labute approximate surface area is 209 Å². The van der Waals surface area contributed by atoms with Crippen LogP contribution in [0.5, 0.6) is 11.5 Å². The molecule has 4 rings (SSSR count). The van der Waals surface area contributed by atoms with Gasteiger partial charge in [-0.2, -0.15) is 0 Å². The maximum atomic E-state index is 15.0. The van der Waals surface area contributed by atoms with Gasteiger partial charge in [0.05, 0.1) is 20.1 Å². The molecule has 0 amide bonds. The molecule has 36 heavy (non-hydrogen) atoms. The summed E-state index contributed by atoms with van der Waals surface area (Å²) < 4.78 is 37.8. The van der Waals surface area contributed by atoms with Crippen molar-refractivity contribution in [3.63, 3.8) is 0 Å². The van der Waals surface area contributed by atoms with Crippen LogP contribution < -0.4 is 15.2 Å². The Morgan fingerprint density at radius 2 is 1.89 bits per heavy atom. The quantitative estimate of drug-likeness (QED) is 0.276. The van der Waals surface area contributed by atoms with Gasteiger partial charge in [0.2, 0.25) is 0 Å². The van der Waals surface area contributed by atoms with E-state index in [1.807, 2.05) is 25.1 Å². The zero-order valence-electron chi connectivity index (χ0n) is 20.7. The fourth-order valence-electron chi connectivity index (χ4n) is 4.23. The molecule has 0 aliphatic carbocycles. The van der Waals surface area contributed by atoms with E-state index in [9.17, 15) is 9.18 Å². The van der Waals surface area contributed by atoms with E-state index in [1.54, 1.807) is 50.4 Å². The number of carbonyl (C=O) groups excluding carboxylic acids is 1. The van der Waals surface area contributed by atoms with Crippen LogP contribution in [0.1, 0.15) is 36.3 Å². The molecule has 0 saturated carbocycles. The molecule has 0 spiro atoms. The summed E-state index contributed by atoms with van der Waals surface area (Å²) in [7, 11) is 1.57. The number of benzene rings is 3. The Bertz CT molecular complexity index is 1380. The van der Waals surface area contributed by atoms with E-state index in [0.29, 0.717) is 46.8 Å². The van der Waals surface area contributed by atoms with Crippen LogP contribution in [0.15, 0.2) is 59.0 Å². The van der Waals surface area contributed by atoms with Gasteiger partial charge in [-0.25, -0.2) is 4.39 Å². The third kappa shape index (κ3) is 5.21. The largest absolute Gasteiger partial charge is 0.497 e. The SMILES string of the molecule is CCOC(=O)Cc1ccc(OC)cc1OCc1c(CC)oc2ccc(-c3cccc(CN)c3F)cc12. The number of esters is 1. The lowest BCUT2D eigenvalue weighted by atomic mass is 9.99. The van der Waals surface area contributed by atoms with Crippen molar-refractivity contribution in [3.05, 3.63) is 82.9 Å². The van der Waals surface area contributed by atoms with Gasteiger partial charge in [-0.05, 0) is 30.7 Å². The van der Waals surface area contributed by atoms with Gasteiger partial charge in [0.15, 0.2) is 0 Å². The summed E-state index contributed by atoms with van der Waals surface area (Å²) >= 11 is 0. The molecule has 0 bridgehead atoms. The van der Waals surface area contributed by atoms with Crippen LogP contribution in [-0.4, -0.2) is 19.7 Å². The van der Waals surface area contributed by atoms with Crippen LogP contribution in [0.3, 0.4) is 0 Å². The van der Waals surface area contributed by atoms with Gasteiger partial charge in [-0.3, -0.25) is 4.79 Å². The molecule has 1 heterocycles. The van der Waals surface area contributed by atoms with Gasteiger partial charge in [0.25, 0.3) is 0 Å². The number of rotatable bonds is 10. The van der Waals surface area contributed by atoms with Crippen LogP contribution in [0.4, 0.5) is 4.39 Å². The average Bonchev–Trinajstić information content (AvgIpc) is 3.25. The summed E-state index contributed by atoms with van der Waals surface area (Å²) in [6.45, 7) is 4.41. The number of aryl methyl sites for hydroxylation is 1. The Balaban J connectivity index is 1.70. The van der Waals surface area contributed by atoms with Crippen LogP contribution >= 0.6 is 0 Å². The van der Waals surface area contributed by atoms with Gasteiger partial charge >= 0.3 is 5.97 Å². The van der Waals surface area contributed by atoms with Gasteiger partial charge in [-0.1, -0.05) is 37.3 Å². The monoisotopic (exact) mass is 491 g/mol. The van der Waals surface area contributed by atoms with E-state index in [-0.39, 0.29) is 31.4 Å². The normalized spacial score (nSPS) is 11.0. The standard InChI is InChI=1S/C29H30FNO5/c1-4-25-24(17-35-27-15-21(33-3)11-9-19(27)14-28(32)34-5-2)23-13-18(10-12-26(23)36-25)22-8-6-7-20(16-31)29(22)30/h6-13,15H,4-5,14,16-17,31H2,1-3H3. The number of carbonyl (C=O) groups is 1. The molecule has 0 atom stereocenters. The second-order valence-corrected chi connectivity index (χ2v) is 8.30. The van der Waals surface area contributed by atoms with Crippen LogP contribution in [0.2, 0.25) is 0 Å². The van der Waals surface area contributed by atoms with E-state index in [2.05, 4.69) is 0 Å². The minimum atomic E-state index is -0.332. The van der Waals surface area contributed by atoms with Crippen LogP contribution in [0, 0.1) is 5.82 Å². The minimum Gasteiger partial charge on any atom is -0.497 e. The fourth-order valence-corrected chi connectivity index (χ4v) is 4.23. The molecule has 0 radical (unpaired) electrons. The number of ether oxygens (including phenoxy) is 3. The van der Waals surface area contributed by atoms with Crippen molar-refractivity contribution in [2.45, 2.75) is 39.8 Å². The average molecular weight is 492 g/mol. The van der Waals surface area contributed by atoms with Crippen molar-refractivity contribution in [1.29, 1.82) is 0 Å². The maximum absolute atomic E-state index is 15.0. The molecular formula is C29H30FNO5. The van der Waals surface area contributed by atoms with Crippen LogP contribution in [-0.2, 0) is 35.5 Å². The molecule has 7 heteroatoms. The lowest BCUT2D eigenvalue weighted by Gasteiger charge is -2.13. The zero-order valence-corrected chi connectivity index (χ0v) is 20.7. The van der Waals surface area contributed by atoms with Crippen molar-refractivity contribution in [2.75, 3.05) is 13.7 Å². The van der Waals surface area contributed by atoms with Crippen molar-refractivity contribution in [3.8, 4) is 22.6 Å². The summed E-state index contributed by atoms with van der Waals surface area (Å²) in [5.41, 5.74) is 9.63. The lowest BCUT2D eigenvalue weighted by molar-refractivity contribution is -0.142. The predicted octanol–water partition coefficient (Wildman–Crippen LogP) is 5.95. The molecular weight excluding hydrogens is 461 g/mol. The number of hydrogen-bond acceptors (Lipinski definition) is 6. The van der Waals surface area contributed by atoms with Crippen molar-refractivity contribution < 1.29 is 27.8 Å². The van der Waals surface area contributed by atoms with Crippen molar-refractivity contribution in [2.24, 2.45) is 5.73 Å². The summed E-state index contributed by atoms with van der Waals surface area (Å²) in [6.07, 6.45) is 0.744. The number of halogens is 1. The smallest absolute Gasteiger partial charge is 0.310 e. The number of methoxy groups -OCH3 is 1. The molecule has 0 aliphatic rings. The van der Waals surface area contributed by atoms with Gasteiger partial charge < -0.3 is 24.4 Å². The van der Waals surface area contributed by atoms with E-state index >= 15 is 0 Å². The van der Waals surface area contributed by atoms with Gasteiger partial charge in [0, 0.05) is 46.7 Å². The Kier molecular flexibility index (Phi) is 7.90. The summed E-state index contributed by atoms with van der Waals surface area (Å²) in [6, 6.07) is 16.2. The van der Waals surface area contributed by atoms with E-state index in [0.717, 1.165) is 22.3 Å². The second-order valence-electron chi connectivity index (χ2n) is 8.30. The molecule has 0 aliphatic heterocycles. The Morgan fingerprint density at radius 3 is 2.61 bits per heavy atom. The molecule has 4 aromatic rings.